The van der Waals surface area contributed by atoms with Gasteiger partial charge in [0.15, 0.2) is 0 Å². The molecule has 0 fully saturated rings. The number of benzene rings is 3. The Morgan fingerprint density at radius 2 is 1.78 bits per heavy atom. The molecule has 0 saturated heterocycles. The summed E-state index contributed by atoms with van der Waals surface area (Å²) in [4.78, 5) is 24.5. The molecule has 160 valence electrons. The summed E-state index contributed by atoms with van der Waals surface area (Å²) >= 11 is 0. The van der Waals surface area contributed by atoms with Gasteiger partial charge in [-0.1, -0.05) is 54.1 Å². The van der Waals surface area contributed by atoms with E-state index in [1.165, 1.54) is 24.8 Å². The van der Waals surface area contributed by atoms with Gasteiger partial charge < -0.3 is 14.8 Å². The van der Waals surface area contributed by atoms with Crippen LogP contribution in [0.3, 0.4) is 0 Å². The molecule has 0 atom stereocenters. The SMILES string of the molecule is COC(=O)c1ccccc1NC(=O)C(C#N)=Cc1cccc(OCc2ccc(C)cc2)c1. The van der Waals surface area contributed by atoms with Crippen LogP contribution in [0.5, 0.6) is 5.75 Å². The predicted octanol–water partition coefficient (Wildman–Crippen LogP) is 4.91. The summed E-state index contributed by atoms with van der Waals surface area (Å²) < 4.78 is 10.6. The zero-order valence-electron chi connectivity index (χ0n) is 17.8. The first-order chi connectivity index (χ1) is 15.5. The number of para-hydroxylation sites is 1. The van der Waals surface area contributed by atoms with Gasteiger partial charge in [0.25, 0.3) is 5.91 Å². The fraction of sp³-hybridized carbons (Fsp3) is 0.115. The van der Waals surface area contributed by atoms with E-state index in [0.29, 0.717) is 17.9 Å². The second-order valence-electron chi connectivity index (χ2n) is 7.01. The Bertz CT molecular complexity index is 1190. The van der Waals surface area contributed by atoms with Crippen molar-refractivity contribution in [2.45, 2.75) is 13.5 Å². The van der Waals surface area contributed by atoms with Crippen molar-refractivity contribution in [3.05, 3.63) is 101 Å². The maximum atomic E-state index is 12.6. The molecule has 3 aromatic carbocycles. The first-order valence-corrected chi connectivity index (χ1v) is 9.89. The molecule has 0 aliphatic heterocycles. The maximum absolute atomic E-state index is 12.6. The lowest BCUT2D eigenvalue weighted by Gasteiger charge is -2.09. The Morgan fingerprint density at radius 3 is 2.50 bits per heavy atom. The highest BCUT2D eigenvalue weighted by molar-refractivity contribution is 6.12. The molecule has 0 bridgehead atoms. The highest BCUT2D eigenvalue weighted by Crippen LogP contribution is 2.20. The summed E-state index contributed by atoms with van der Waals surface area (Å²) in [5.41, 5.74) is 3.21. The first-order valence-electron chi connectivity index (χ1n) is 9.89. The summed E-state index contributed by atoms with van der Waals surface area (Å²) in [6, 6.07) is 23.5. The number of nitrogens with zero attached hydrogens (tertiary/aromatic N) is 1. The molecule has 1 N–H and O–H groups in total. The minimum absolute atomic E-state index is 0.111. The summed E-state index contributed by atoms with van der Waals surface area (Å²) in [5, 5.41) is 12.1. The number of rotatable bonds is 7. The van der Waals surface area contributed by atoms with Crippen molar-refractivity contribution >= 4 is 23.6 Å². The molecule has 3 aromatic rings. The van der Waals surface area contributed by atoms with Crippen LogP contribution in [0.1, 0.15) is 27.0 Å². The van der Waals surface area contributed by atoms with Crippen molar-refractivity contribution in [3.63, 3.8) is 0 Å². The molecule has 0 unspecified atom stereocenters. The number of ether oxygens (including phenoxy) is 2. The largest absolute Gasteiger partial charge is 0.489 e. The second kappa shape index (κ2) is 10.6. The Kier molecular flexibility index (Phi) is 7.39. The number of aryl methyl sites for hydroxylation is 1. The third-order valence-corrected chi connectivity index (χ3v) is 4.64. The number of carbonyl (C=O) groups excluding carboxylic acids is 2. The van der Waals surface area contributed by atoms with E-state index in [4.69, 9.17) is 9.47 Å². The number of nitrogens with one attached hydrogen (secondary N) is 1. The molecule has 0 spiro atoms. The monoisotopic (exact) mass is 426 g/mol. The van der Waals surface area contributed by atoms with Crippen LogP contribution in [0.2, 0.25) is 0 Å². The number of methoxy groups -OCH3 is 1. The van der Waals surface area contributed by atoms with Gasteiger partial charge in [-0.2, -0.15) is 5.26 Å². The third kappa shape index (κ3) is 5.83. The van der Waals surface area contributed by atoms with Crippen molar-refractivity contribution in [1.82, 2.24) is 0 Å². The van der Waals surface area contributed by atoms with E-state index in [2.05, 4.69) is 5.32 Å². The lowest BCUT2D eigenvalue weighted by Crippen LogP contribution is -2.16. The Morgan fingerprint density at radius 1 is 1.03 bits per heavy atom. The first kappa shape index (κ1) is 22.3. The van der Waals surface area contributed by atoms with Crippen molar-refractivity contribution in [2.24, 2.45) is 0 Å². The van der Waals surface area contributed by atoms with Gasteiger partial charge in [0.05, 0.1) is 18.4 Å². The van der Waals surface area contributed by atoms with E-state index >= 15 is 0 Å². The van der Waals surface area contributed by atoms with Crippen LogP contribution in [-0.4, -0.2) is 19.0 Å². The van der Waals surface area contributed by atoms with Crippen LogP contribution in [0.25, 0.3) is 6.08 Å². The summed E-state index contributed by atoms with van der Waals surface area (Å²) in [6.45, 7) is 2.43. The van der Waals surface area contributed by atoms with Gasteiger partial charge in [0.2, 0.25) is 0 Å². The van der Waals surface area contributed by atoms with E-state index in [-0.39, 0.29) is 16.8 Å². The van der Waals surface area contributed by atoms with Crippen molar-refractivity contribution in [3.8, 4) is 11.8 Å². The van der Waals surface area contributed by atoms with Crippen LogP contribution in [0.15, 0.2) is 78.4 Å². The zero-order chi connectivity index (χ0) is 22.9. The molecular formula is C26H22N2O4. The molecule has 3 rings (SSSR count). The molecular weight excluding hydrogens is 404 g/mol. The minimum atomic E-state index is -0.630. The van der Waals surface area contributed by atoms with Crippen LogP contribution in [0, 0.1) is 18.3 Å². The van der Waals surface area contributed by atoms with E-state index in [1.54, 1.807) is 36.4 Å². The highest BCUT2D eigenvalue weighted by atomic mass is 16.5. The fourth-order valence-corrected chi connectivity index (χ4v) is 2.93. The minimum Gasteiger partial charge on any atom is -0.489 e. The molecule has 1 amide bonds. The third-order valence-electron chi connectivity index (χ3n) is 4.64. The normalized spacial score (nSPS) is 10.7. The topological polar surface area (TPSA) is 88.4 Å². The fourth-order valence-electron chi connectivity index (χ4n) is 2.93. The lowest BCUT2D eigenvalue weighted by atomic mass is 10.1. The number of carbonyl (C=O) groups is 2. The van der Waals surface area contributed by atoms with Crippen LogP contribution >= 0.6 is 0 Å². The second-order valence-corrected chi connectivity index (χ2v) is 7.01. The number of esters is 1. The lowest BCUT2D eigenvalue weighted by molar-refractivity contribution is -0.112. The standard InChI is InChI=1S/C26H22N2O4/c1-18-10-12-19(13-11-18)17-32-22-7-5-6-20(15-22)14-21(16-27)25(29)28-24-9-4-3-8-23(24)26(30)31-2/h3-15H,17H2,1-2H3,(H,28,29). The molecule has 0 aromatic heterocycles. The smallest absolute Gasteiger partial charge is 0.339 e. The van der Waals surface area contributed by atoms with Crippen LogP contribution in [-0.2, 0) is 16.1 Å². The predicted molar refractivity (Wildman–Crippen MR) is 122 cm³/mol. The van der Waals surface area contributed by atoms with Crippen LogP contribution in [0.4, 0.5) is 5.69 Å². The Labute approximate surface area is 186 Å². The molecule has 0 aliphatic rings. The molecule has 0 aliphatic carbocycles. The van der Waals surface area contributed by atoms with E-state index in [1.807, 2.05) is 43.3 Å². The van der Waals surface area contributed by atoms with Gasteiger partial charge in [-0.05, 0) is 48.4 Å². The van der Waals surface area contributed by atoms with Crippen molar-refractivity contribution in [2.75, 3.05) is 12.4 Å². The molecule has 0 saturated carbocycles. The average Bonchev–Trinajstić information content (AvgIpc) is 2.82. The summed E-state index contributed by atoms with van der Waals surface area (Å²) in [5.74, 6) is -0.593. The summed E-state index contributed by atoms with van der Waals surface area (Å²) in [7, 11) is 1.26. The number of hydrogen-bond donors (Lipinski definition) is 1. The number of amides is 1. The van der Waals surface area contributed by atoms with Gasteiger partial charge in [-0.25, -0.2) is 4.79 Å². The number of nitriles is 1. The van der Waals surface area contributed by atoms with E-state index in [0.717, 1.165) is 5.56 Å². The van der Waals surface area contributed by atoms with Gasteiger partial charge in [0.1, 0.15) is 24.0 Å². The quantitative estimate of drug-likeness (QED) is 0.330. The maximum Gasteiger partial charge on any atom is 0.339 e. The zero-order valence-corrected chi connectivity index (χ0v) is 17.8. The number of hydrogen-bond acceptors (Lipinski definition) is 5. The number of anilines is 1. The van der Waals surface area contributed by atoms with E-state index < -0.39 is 11.9 Å². The molecule has 0 radical (unpaired) electrons. The molecule has 6 heteroatoms. The average molecular weight is 426 g/mol. The molecule has 32 heavy (non-hydrogen) atoms. The van der Waals surface area contributed by atoms with Gasteiger partial charge in [0, 0.05) is 0 Å². The van der Waals surface area contributed by atoms with Gasteiger partial charge in [-0.3, -0.25) is 4.79 Å². The van der Waals surface area contributed by atoms with E-state index in [9.17, 15) is 14.9 Å². The van der Waals surface area contributed by atoms with Crippen LogP contribution < -0.4 is 10.1 Å². The van der Waals surface area contributed by atoms with Gasteiger partial charge >= 0.3 is 5.97 Å². The van der Waals surface area contributed by atoms with Crippen molar-refractivity contribution in [1.29, 1.82) is 5.26 Å². The highest BCUT2D eigenvalue weighted by Gasteiger charge is 2.16. The molecule has 0 heterocycles. The Balaban J connectivity index is 1.74. The summed E-state index contributed by atoms with van der Waals surface area (Å²) in [6.07, 6.45) is 1.47. The molecule has 6 nitrogen and oxygen atoms in total. The van der Waals surface area contributed by atoms with Crippen molar-refractivity contribution < 1.29 is 19.1 Å². The van der Waals surface area contributed by atoms with Gasteiger partial charge in [-0.15, -0.1) is 0 Å². The Hall–Kier alpha value is -4.37.